The quantitative estimate of drug-likeness (QED) is 0.590. The molecule has 0 amide bonds. The lowest BCUT2D eigenvalue weighted by atomic mass is 9.81. The molecule has 0 saturated carbocycles. The predicted molar refractivity (Wildman–Crippen MR) is 74.7 cm³/mol. The highest BCUT2D eigenvalue weighted by atomic mass is 16.3. The molecule has 0 aromatic heterocycles. The van der Waals surface area contributed by atoms with Crippen molar-refractivity contribution in [2.75, 3.05) is 0 Å². The van der Waals surface area contributed by atoms with Crippen LogP contribution in [0, 0.1) is 0 Å². The third-order valence-corrected chi connectivity index (χ3v) is 3.60. The molecule has 3 N–H and O–H groups in total. The van der Waals surface area contributed by atoms with Crippen LogP contribution in [-0.2, 0) is 0 Å². The number of aromatic hydroxyl groups is 3. The second-order valence-corrected chi connectivity index (χ2v) is 4.99. The molecule has 0 bridgehead atoms. The van der Waals surface area contributed by atoms with Gasteiger partial charge in [0.25, 0.3) is 0 Å². The van der Waals surface area contributed by atoms with E-state index in [9.17, 15) is 29.7 Å². The Labute approximate surface area is 124 Å². The minimum absolute atomic E-state index is 0.0787. The lowest BCUT2D eigenvalue weighted by Crippen LogP contribution is -2.22. The Balaban J connectivity index is 2.37. The van der Waals surface area contributed by atoms with Gasteiger partial charge in [-0.05, 0) is 25.1 Å². The van der Waals surface area contributed by atoms with Crippen LogP contribution in [0.3, 0.4) is 0 Å². The molecule has 0 atom stereocenters. The molecule has 0 heterocycles. The summed E-state index contributed by atoms with van der Waals surface area (Å²) in [7, 11) is 0. The molecule has 3 rings (SSSR count). The van der Waals surface area contributed by atoms with E-state index in [0.717, 1.165) is 12.1 Å². The number of phenolic OH excluding ortho intramolecular Hbond substituents is 3. The van der Waals surface area contributed by atoms with Crippen LogP contribution in [-0.4, -0.2) is 32.7 Å². The highest BCUT2D eigenvalue weighted by Gasteiger charge is 2.35. The third-order valence-electron chi connectivity index (χ3n) is 3.60. The van der Waals surface area contributed by atoms with Crippen molar-refractivity contribution in [2.45, 2.75) is 6.92 Å². The van der Waals surface area contributed by atoms with Crippen molar-refractivity contribution in [3.8, 4) is 17.2 Å². The highest BCUT2D eigenvalue weighted by Crippen LogP contribution is 2.39. The largest absolute Gasteiger partial charge is 0.508 e. The van der Waals surface area contributed by atoms with Crippen LogP contribution in [0.5, 0.6) is 17.2 Å². The number of carbonyl (C=O) groups excluding carboxylic acids is 3. The third kappa shape index (κ3) is 1.70. The van der Waals surface area contributed by atoms with Gasteiger partial charge in [-0.3, -0.25) is 14.4 Å². The summed E-state index contributed by atoms with van der Waals surface area (Å²) >= 11 is 0. The Hall–Kier alpha value is -3.15. The van der Waals surface area contributed by atoms with Crippen LogP contribution in [0.25, 0.3) is 0 Å². The van der Waals surface area contributed by atoms with Crippen molar-refractivity contribution in [2.24, 2.45) is 0 Å². The van der Waals surface area contributed by atoms with Gasteiger partial charge in [0, 0.05) is 17.2 Å². The molecule has 1 aliphatic rings. The summed E-state index contributed by atoms with van der Waals surface area (Å²) in [6, 6.07) is 4.54. The average Bonchev–Trinajstić information content (AvgIpc) is 2.43. The van der Waals surface area contributed by atoms with Crippen LogP contribution in [0.2, 0.25) is 0 Å². The molecular weight excluding hydrogens is 288 g/mol. The molecule has 0 saturated heterocycles. The molecule has 22 heavy (non-hydrogen) atoms. The van der Waals surface area contributed by atoms with Crippen LogP contribution >= 0.6 is 0 Å². The summed E-state index contributed by atoms with van der Waals surface area (Å²) in [5.41, 5.74) is -0.922. The summed E-state index contributed by atoms with van der Waals surface area (Å²) in [6.45, 7) is 1.22. The van der Waals surface area contributed by atoms with Gasteiger partial charge in [-0.25, -0.2) is 0 Å². The maximum atomic E-state index is 12.5. The smallest absolute Gasteiger partial charge is 0.201 e. The minimum atomic E-state index is -0.775. The maximum absolute atomic E-state index is 12.5. The molecule has 0 spiro atoms. The van der Waals surface area contributed by atoms with Crippen LogP contribution in [0.1, 0.15) is 49.1 Å². The van der Waals surface area contributed by atoms with E-state index in [1.54, 1.807) is 0 Å². The van der Waals surface area contributed by atoms with Gasteiger partial charge in [0.2, 0.25) is 5.78 Å². The van der Waals surface area contributed by atoms with Crippen molar-refractivity contribution in [3.63, 3.8) is 0 Å². The van der Waals surface area contributed by atoms with Crippen LogP contribution < -0.4 is 0 Å². The van der Waals surface area contributed by atoms with Gasteiger partial charge < -0.3 is 15.3 Å². The Morgan fingerprint density at radius 3 is 2.23 bits per heavy atom. The fourth-order valence-corrected chi connectivity index (χ4v) is 2.59. The van der Waals surface area contributed by atoms with E-state index in [1.807, 2.05) is 0 Å². The molecule has 6 nitrogen and oxygen atoms in total. The van der Waals surface area contributed by atoms with Gasteiger partial charge >= 0.3 is 0 Å². The van der Waals surface area contributed by atoms with Crippen molar-refractivity contribution < 1.29 is 29.7 Å². The highest BCUT2D eigenvalue weighted by molar-refractivity contribution is 6.31. The second-order valence-electron chi connectivity index (χ2n) is 4.99. The van der Waals surface area contributed by atoms with Gasteiger partial charge in [0.05, 0.1) is 16.7 Å². The molecule has 0 aliphatic heterocycles. The first-order valence-electron chi connectivity index (χ1n) is 6.35. The average molecular weight is 298 g/mol. The summed E-state index contributed by atoms with van der Waals surface area (Å²) in [5.74, 6) is -3.36. The van der Waals surface area contributed by atoms with E-state index in [1.165, 1.54) is 19.1 Å². The number of Topliss-reactive ketones (excluding diaryl/α,β-unsaturated/α-hetero) is 1. The van der Waals surface area contributed by atoms with Crippen molar-refractivity contribution in [3.05, 3.63) is 52.1 Å². The summed E-state index contributed by atoms with van der Waals surface area (Å²) in [6.07, 6.45) is 0. The van der Waals surface area contributed by atoms with Gasteiger partial charge in [-0.2, -0.15) is 0 Å². The van der Waals surface area contributed by atoms with E-state index in [4.69, 9.17) is 0 Å². The van der Waals surface area contributed by atoms with Crippen LogP contribution in [0.15, 0.2) is 24.3 Å². The molecule has 1 aliphatic carbocycles. The monoisotopic (exact) mass is 298 g/mol. The Morgan fingerprint density at radius 1 is 0.909 bits per heavy atom. The number of ketones is 3. The lowest BCUT2D eigenvalue weighted by molar-refractivity contribution is 0.0971. The van der Waals surface area contributed by atoms with Crippen molar-refractivity contribution >= 4 is 17.3 Å². The predicted octanol–water partition coefficient (Wildman–Crippen LogP) is 1.78. The van der Waals surface area contributed by atoms with E-state index in [0.29, 0.717) is 0 Å². The van der Waals surface area contributed by atoms with Gasteiger partial charge in [0.1, 0.15) is 17.2 Å². The zero-order valence-electron chi connectivity index (χ0n) is 11.4. The standard InChI is InChI=1S/C16H10O6/c1-6(17)8-2-3-9-13(15(8)21)16(22)12-10(14(9)20)4-7(18)5-11(12)19/h2-5,18-19,21H,1H3. The molecule has 2 aromatic carbocycles. The summed E-state index contributed by atoms with van der Waals surface area (Å²) in [4.78, 5) is 36.4. The number of rotatable bonds is 1. The molecule has 0 fully saturated rings. The van der Waals surface area contributed by atoms with E-state index < -0.39 is 28.8 Å². The zero-order valence-corrected chi connectivity index (χ0v) is 11.4. The van der Waals surface area contributed by atoms with Gasteiger partial charge in [0.15, 0.2) is 11.6 Å². The number of hydrogen-bond acceptors (Lipinski definition) is 6. The normalized spacial score (nSPS) is 12.8. The zero-order chi connectivity index (χ0) is 16.2. The first-order chi connectivity index (χ1) is 10.3. The summed E-state index contributed by atoms with van der Waals surface area (Å²) in [5, 5.41) is 29.5. The second kappa shape index (κ2) is 4.42. The minimum Gasteiger partial charge on any atom is -0.508 e. The number of phenols is 3. The van der Waals surface area contributed by atoms with Crippen molar-refractivity contribution in [1.29, 1.82) is 0 Å². The van der Waals surface area contributed by atoms with Crippen molar-refractivity contribution in [1.82, 2.24) is 0 Å². The lowest BCUT2D eigenvalue weighted by Gasteiger charge is -2.20. The van der Waals surface area contributed by atoms with Gasteiger partial charge in [-0.1, -0.05) is 0 Å². The first kappa shape index (κ1) is 13.8. The Bertz CT molecular complexity index is 879. The number of fused-ring (bicyclic) bond motifs is 2. The molecule has 110 valence electrons. The first-order valence-corrected chi connectivity index (χ1v) is 6.35. The van der Waals surface area contributed by atoms with Crippen LogP contribution in [0.4, 0.5) is 0 Å². The molecule has 0 unspecified atom stereocenters. The topological polar surface area (TPSA) is 112 Å². The summed E-state index contributed by atoms with van der Waals surface area (Å²) < 4.78 is 0. The fourth-order valence-electron chi connectivity index (χ4n) is 2.59. The molecule has 2 aromatic rings. The molecule has 0 radical (unpaired) electrons. The van der Waals surface area contributed by atoms with Gasteiger partial charge in [-0.15, -0.1) is 0 Å². The van der Waals surface area contributed by atoms with E-state index >= 15 is 0 Å². The number of carbonyl (C=O) groups is 3. The van der Waals surface area contributed by atoms with E-state index in [-0.39, 0.29) is 33.6 Å². The Kier molecular flexibility index (Phi) is 2.78. The molecular formula is C16H10O6. The number of benzene rings is 2. The number of hydrogen-bond donors (Lipinski definition) is 3. The Morgan fingerprint density at radius 2 is 1.59 bits per heavy atom. The van der Waals surface area contributed by atoms with E-state index in [2.05, 4.69) is 0 Å². The fraction of sp³-hybridized carbons (Fsp3) is 0.0625. The maximum Gasteiger partial charge on any atom is 0.201 e. The SMILES string of the molecule is CC(=O)c1ccc2c(c1O)C(=O)c1c(O)cc(O)cc1C2=O. The molecule has 6 heteroatoms.